The highest BCUT2D eigenvalue weighted by molar-refractivity contribution is 8.14. The van der Waals surface area contributed by atoms with Crippen molar-refractivity contribution >= 4 is 35.0 Å². The second-order valence-electron chi connectivity index (χ2n) is 3.92. The van der Waals surface area contributed by atoms with E-state index in [2.05, 4.69) is 10.2 Å². The first kappa shape index (κ1) is 16.8. The van der Waals surface area contributed by atoms with Gasteiger partial charge in [0.05, 0.1) is 18.9 Å². The average molecular weight is 316 g/mol. The Morgan fingerprint density at radius 3 is 2.60 bits per heavy atom. The third-order valence-electron chi connectivity index (χ3n) is 2.45. The molecule has 0 amide bonds. The Kier molecular flexibility index (Phi) is 8.10. The quantitative estimate of drug-likeness (QED) is 0.784. The van der Waals surface area contributed by atoms with Crippen LogP contribution in [0.1, 0.15) is 6.42 Å². The molecule has 0 saturated carbocycles. The molecular weight excluding hydrogens is 298 g/mol. The molecule has 2 rings (SSSR count). The third-order valence-corrected chi connectivity index (χ3v) is 3.31. The molecule has 0 bridgehead atoms. The summed E-state index contributed by atoms with van der Waals surface area (Å²) in [6.45, 7) is 1.75. The summed E-state index contributed by atoms with van der Waals surface area (Å²) in [6.07, 6.45) is 0.787. The van der Waals surface area contributed by atoms with E-state index in [9.17, 15) is 0 Å². The SMILES string of the molecule is Cl.NC1=NN=C(CCOCCOc2ccccc2)CS1. The molecule has 1 aliphatic rings. The minimum absolute atomic E-state index is 0. The van der Waals surface area contributed by atoms with E-state index in [0.29, 0.717) is 25.0 Å². The molecule has 0 saturated heterocycles. The molecular formula is C13H18ClN3O2S. The number of halogens is 1. The van der Waals surface area contributed by atoms with E-state index in [0.717, 1.165) is 23.6 Å². The van der Waals surface area contributed by atoms with Crippen LogP contribution in [0.4, 0.5) is 0 Å². The van der Waals surface area contributed by atoms with Crippen LogP contribution in [0.2, 0.25) is 0 Å². The molecule has 1 aromatic rings. The molecule has 7 heteroatoms. The van der Waals surface area contributed by atoms with Crippen LogP contribution in [0.25, 0.3) is 0 Å². The smallest absolute Gasteiger partial charge is 0.180 e. The van der Waals surface area contributed by atoms with Gasteiger partial charge in [-0.1, -0.05) is 30.0 Å². The summed E-state index contributed by atoms with van der Waals surface area (Å²) in [7, 11) is 0. The summed E-state index contributed by atoms with van der Waals surface area (Å²) >= 11 is 1.51. The first-order valence-corrected chi connectivity index (χ1v) is 7.10. The number of hydrogen-bond donors (Lipinski definition) is 1. The van der Waals surface area contributed by atoms with Gasteiger partial charge in [0.1, 0.15) is 12.4 Å². The molecule has 110 valence electrons. The van der Waals surface area contributed by atoms with Crippen molar-refractivity contribution in [2.75, 3.05) is 25.6 Å². The van der Waals surface area contributed by atoms with Gasteiger partial charge in [-0.3, -0.25) is 0 Å². The predicted molar refractivity (Wildman–Crippen MR) is 86.1 cm³/mol. The minimum atomic E-state index is 0. The number of amidine groups is 1. The third kappa shape index (κ3) is 6.27. The number of benzene rings is 1. The Bertz CT molecular complexity index is 454. The zero-order valence-electron chi connectivity index (χ0n) is 11.0. The molecule has 20 heavy (non-hydrogen) atoms. The number of thioether (sulfide) groups is 1. The first-order chi connectivity index (χ1) is 9.34. The zero-order valence-corrected chi connectivity index (χ0v) is 12.7. The minimum Gasteiger partial charge on any atom is -0.491 e. The van der Waals surface area contributed by atoms with Gasteiger partial charge in [0.25, 0.3) is 0 Å². The van der Waals surface area contributed by atoms with Crippen LogP contribution >= 0.6 is 24.2 Å². The van der Waals surface area contributed by atoms with E-state index in [-0.39, 0.29) is 12.4 Å². The van der Waals surface area contributed by atoms with Crippen molar-refractivity contribution in [1.82, 2.24) is 0 Å². The molecule has 0 unspecified atom stereocenters. The van der Waals surface area contributed by atoms with Gasteiger partial charge < -0.3 is 15.2 Å². The lowest BCUT2D eigenvalue weighted by molar-refractivity contribution is 0.105. The van der Waals surface area contributed by atoms with Gasteiger partial charge in [0, 0.05) is 12.2 Å². The number of ether oxygens (including phenoxy) is 2. The second kappa shape index (κ2) is 9.63. The summed E-state index contributed by atoms with van der Waals surface area (Å²) in [5.74, 6) is 1.67. The molecule has 0 spiro atoms. The average Bonchev–Trinajstić information content (AvgIpc) is 2.46. The molecule has 1 heterocycles. The zero-order chi connectivity index (χ0) is 13.3. The monoisotopic (exact) mass is 315 g/mol. The van der Waals surface area contributed by atoms with Crippen LogP contribution < -0.4 is 10.5 Å². The van der Waals surface area contributed by atoms with Gasteiger partial charge in [-0.25, -0.2) is 0 Å². The summed E-state index contributed by atoms with van der Waals surface area (Å²) in [6, 6.07) is 9.71. The summed E-state index contributed by atoms with van der Waals surface area (Å²) in [5, 5.41) is 8.38. The van der Waals surface area contributed by atoms with Crippen molar-refractivity contribution in [3.63, 3.8) is 0 Å². The van der Waals surface area contributed by atoms with Crippen LogP contribution in [0.3, 0.4) is 0 Å². The van der Waals surface area contributed by atoms with E-state index in [1.807, 2.05) is 30.3 Å². The molecule has 5 nitrogen and oxygen atoms in total. The van der Waals surface area contributed by atoms with E-state index in [1.54, 1.807) is 0 Å². The molecule has 0 fully saturated rings. The topological polar surface area (TPSA) is 69.2 Å². The summed E-state index contributed by atoms with van der Waals surface area (Å²) in [4.78, 5) is 0. The van der Waals surface area contributed by atoms with E-state index in [1.165, 1.54) is 11.8 Å². The van der Waals surface area contributed by atoms with Crippen molar-refractivity contribution in [1.29, 1.82) is 0 Å². The molecule has 1 aromatic carbocycles. The van der Waals surface area contributed by atoms with Gasteiger partial charge in [-0.2, -0.15) is 5.10 Å². The molecule has 0 aliphatic carbocycles. The van der Waals surface area contributed by atoms with Gasteiger partial charge in [-0.15, -0.1) is 17.5 Å². The fraction of sp³-hybridized carbons (Fsp3) is 0.385. The maximum atomic E-state index is 5.51. The first-order valence-electron chi connectivity index (χ1n) is 6.12. The number of nitrogens with zero attached hydrogens (tertiary/aromatic N) is 2. The van der Waals surface area contributed by atoms with Gasteiger partial charge in [0.2, 0.25) is 0 Å². The van der Waals surface area contributed by atoms with Gasteiger partial charge in [0.15, 0.2) is 5.17 Å². The van der Waals surface area contributed by atoms with E-state index in [4.69, 9.17) is 15.2 Å². The van der Waals surface area contributed by atoms with Crippen molar-refractivity contribution in [2.45, 2.75) is 6.42 Å². The highest BCUT2D eigenvalue weighted by atomic mass is 35.5. The predicted octanol–water partition coefficient (Wildman–Crippen LogP) is 2.31. The maximum Gasteiger partial charge on any atom is 0.180 e. The highest BCUT2D eigenvalue weighted by Gasteiger charge is 2.07. The van der Waals surface area contributed by atoms with Crippen molar-refractivity contribution in [3.8, 4) is 5.75 Å². The van der Waals surface area contributed by atoms with Crippen LogP contribution in [-0.2, 0) is 4.74 Å². The highest BCUT2D eigenvalue weighted by Crippen LogP contribution is 2.09. The van der Waals surface area contributed by atoms with Crippen LogP contribution in [0.15, 0.2) is 40.5 Å². The van der Waals surface area contributed by atoms with Crippen molar-refractivity contribution in [3.05, 3.63) is 30.3 Å². The Labute approximate surface area is 129 Å². The molecule has 0 atom stereocenters. The molecule has 1 aliphatic heterocycles. The number of rotatable bonds is 7. The second-order valence-corrected chi connectivity index (χ2v) is 4.91. The molecule has 0 radical (unpaired) electrons. The van der Waals surface area contributed by atoms with E-state index < -0.39 is 0 Å². The lowest BCUT2D eigenvalue weighted by Crippen LogP contribution is -2.17. The number of hydrogen-bond acceptors (Lipinski definition) is 6. The van der Waals surface area contributed by atoms with Gasteiger partial charge in [-0.05, 0) is 12.1 Å². The summed E-state index contributed by atoms with van der Waals surface area (Å²) in [5.41, 5.74) is 6.52. The van der Waals surface area contributed by atoms with Crippen LogP contribution in [0, 0.1) is 0 Å². The van der Waals surface area contributed by atoms with Crippen LogP contribution in [0.5, 0.6) is 5.75 Å². The van der Waals surface area contributed by atoms with Gasteiger partial charge >= 0.3 is 0 Å². The Balaban J connectivity index is 0.00000200. The maximum absolute atomic E-state index is 5.51. The fourth-order valence-corrected chi connectivity index (χ4v) is 2.10. The Hall–Kier alpha value is -1.24. The Morgan fingerprint density at radius 2 is 1.90 bits per heavy atom. The standard InChI is InChI=1S/C13H17N3O2S.ClH/c14-13-16-15-11(10-19-13)6-7-17-8-9-18-12-4-2-1-3-5-12;/h1-5H,6-10H2,(H2,14,16);1H. The Morgan fingerprint density at radius 1 is 1.10 bits per heavy atom. The fourth-order valence-electron chi connectivity index (χ4n) is 1.48. The number of para-hydroxylation sites is 1. The summed E-state index contributed by atoms with van der Waals surface area (Å²) < 4.78 is 11.0. The lowest BCUT2D eigenvalue weighted by atomic mass is 10.3. The molecule has 0 aromatic heterocycles. The molecule has 2 N–H and O–H groups in total. The lowest BCUT2D eigenvalue weighted by Gasteiger charge is -2.09. The van der Waals surface area contributed by atoms with Crippen molar-refractivity contribution in [2.24, 2.45) is 15.9 Å². The van der Waals surface area contributed by atoms with E-state index >= 15 is 0 Å². The van der Waals surface area contributed by atoms with Crippen LogP contribution in [-0.4, -0.2) is 36.5 Å². The van der Waals surface area contributed by atoms with Crippen molar-refractivity contribution < 1.29 is 9.47 Å². The largest absolute Gasteiger partial charge is 0.491 e. The normalized spacial score (nSPS) is 14.0. The number of nitrogens with two attached hydrogens (primary N) is 1.